The molecule has 6 heteroatoms. The van der Waals surface area contributed by atoms with Gasteiger partial charge in [0.25, 0.3) is 0 Å². The molecule has 0 radical (unpaired) electrons. The molecule has 1 fully saturated rings. The van der Waals surface area contributed by atoms with Gasteiger partial charge in [-0.15, -0.1) is 0 Å². The zero-order valence-corrected chi connectivity index (χ0v) is 8.57. The number of nitrogens with one attached hydrogen (secondary N) is 1. The molecule has 0 aromatic heterocycles. The van der Waals surface area contributed by atoms with Gasteiger partial charge < -0.3 is 20.1 Å². The Morgan fingerprint density at radius 3 is 3.07 bits per heavy atom. The molecule has 14 heavy (non-hydrogen) atoms. The predicted octanol–water partition coefficient (Wildman–Crippen LogP) is -1.84. The van der Waals surface area contributed by atoms with E-state index in [2.05, 4.69) is 15.2 Å². The van der Waals surface area contributed by atoms with Crippen molar-refractivity contribution >= 4 is 11.9 Å². The summed E-state index contributed by atoms with van der Waals surface area (Å²) in [5, 5.41) is 13.5. The Hall–Kier alpha value is -0.741. The summed E-state index contributed by atoms with van der Waals surface area (Å²) >= 11 is 0. The number of aliphatic imine (C=N–C) groups is 1. The van der Waals surface area contributed by atoms with Gasteiger partial charge in [0.05, 0.1) is 12.0 Å². The first-order valence-electron chi connectivity index (χ1n) is 4.54. The van der Waals surface area contributed by atoms with E-state index in [1.165, 1.54) is 0 Å². The summed E-state index contributed by atoms with van der Waals surface area (Å²) in [5.74, 6) is -0.306. The first kappa shape index (κ1) is 11.3. The van der Waals surface area contributed by atoms with E-state index in [-0.39, 0.29) is 17.1 Å². The summed E-state index contributed by atoms with van der Waals surface area (Å²) < 4.78 is 0. The topological polar surface area (TPSA) is 67.8 Å². The summed E-state index contributed by atoms with van der Waals surface area (Å²) in [6, 6.07) is -0.562. The molecule has 2 aliphatic heterocycles. The zero-order valence-electron chi connectivity index (χ0n) is 7.63. The molecule has 0 amide bonds. The Kier molecular flexibility index (Phi) is 3.77. The standard InChI is InChI=1S/C8H13N3O2.Cu/c12-7(13)6-2-5-11-4-1-3-9-8(11)10-6;/h6H,1-5H2,(H,9,10)(H,12,13);/q;+1/p-1. The maximum Gasteiger partial charge on any atom is 1.00 e. The van der Waals surface area contributed by atoms with Gasteiger partial charge in [-0.3, -0.25) is 4.99 Å². The van der Waals surface area contributed by atoms with E-state index in [4.69, 9.17) is 0 Å². The van der Waals surface area contributed by atoms with Crippen LogP contribution in [0.2, 0.25) is 0 Å². The summed E-state index contributed by atoms with van der Waals surface area (Å²) in [7, 11) is 0. The number of carboxylic acids is 1. The molecule has 1 unspecified atom stereocenters. The summed E-state index contributed by atoms with van der Waals surface area (Å²) in [4.78, 5) is 16.9. The van der Waals surface area contributed by atoms with Gasteiger partial charge in [0.15, 0.2) is 5.96 Å². The van der Waals surface area contributed by atoms with Gasteiger partial charge in [-0.05, 0) is 12.8 Å². The van der Waals surface area contributed by atoms with Crippen LogP contribution in [0.3, 0.4) is 0 Å². The van der Waals surface area contributed by atoms with E-state index in [0.717, 1.165) is 32.0 Å². The van der Waals surface area contributed by atoms with Crippen LogP contribution in [0.25, 0.3) is 0 Å². The number of carbonyl (C=O) groups excluding carboxylic acids is 1. The molecule has 0 aromatic carbocycles. The first-order valence-corrected chi connectivity index (χ1v) is 4.54. The molecule has 0 spiro atoms. The van der Waals surface area contributed by atoms with Crippen molar-refractivity contribution in [3.63, 3.8) is 0 Å². The van der Waals surface area contributed by atoms with Gasteiger partial charge in [0.1, 0.15) is 0 Å². The Labute approximate surface area is 93.0 Å². The third-order valence-electron chi connectivity index (χ3n) is 2.42. The molecule has 1 atom stereocenters. The van der Waals surface area contributed by atoms with E-state index < -0.39 is 12.0 Å². The van der Waals surface area contributed by atoms with Crippen LogP contribution >= 0.6 is 0 Å². The second kappa shape index (κ2) is 4.66. The number of carbonyl (C=O) groups is 1. The second-order valence-electron chi connectivity index (χ2n) is 3.35. The van der Waals surface area contributed by atoms with Gasteiger partial charge >= 0.3 is 17.1 Å². The molecule has 0 bridgehead atoms. The molecule has 2 aliphatic rings. The number of hydrogen-bond acceptors (Lipinski definition) is 5. The number of aliphatic carboxylic acids is 1. The number of carboxylic acid groups (broad SMARTS) is 1. The molecule has 1 N–H and O–H groups in total. The Bertz CT molecular complexity index is 257. The normalized spacial score (nSPS) is 25.3. The van der Waals surface area contributed by atoms with Crippen LogP contribution in [0.5, 0.6) is 0 Å². The van der Waals surface area contributed by atoms with Gasteiger partial charge in [-0.25, -0.2) is 0 Å². The summed E-state index contributed by atoms with van der Waals surface area (Å²) in [5.41, 5.74) is 0. The quantitative estimate of drug-likeness (QED) is 0.552. The maximum atomic E-state index is 10.6. The molecule has 0 saturated carbocycles. The van der Waals surface area contributed by atoms with Crippen molar-refractivity contribution in [3.8, 4) is 0 Å². The second-order valence-corrected chi connectivity index (χ2v) is 3.35. The molecule has 2 heterocycles. The molecule has 2 rings (SSSR count). The molecule has 5 nitrogen and oxygen atoms in total. The zero-order chi connectivity index (χ0) is 9.26. The van der Waals surface area contributed by atoms with Crippen molar-refractivity contribution in [2.75, 3.05) is 19.6 Å². The molecule has 1 saturated heterocycles. The predicted molar refractivity (Wildman–Crippen MR) is 45.0 cm³/mol. The van der Waals surface area contributed by atoms with E-state index in [9.17, 15) is 9.90 Å². The monoisotopic (exact) mass is 245 g/mol. The van der Waals surface area contributed by atoms with Crippen LogP contribution in [0, 0.1) is 0 Å². The number of fused-ring (bicyclic) bond motifs is 1. The van der Waals surface area contributed by atoms with E-state index in [1.807, 2.05) is 0 Å². The number of rotatable bonds is 1. The number of hydrogen-bond donors (Lipinski definition) is 1. The minimum absolute atomic E-state index is 0. The van der Waals surface area contributed by atoms with Gasteiger partial charge in [-0.1, -0.05) is 0 Å². The van der Waals surface area contributed by atoms with Crippen LogP contribution in [-0.4, -0.2) is 42.5 Å². The van der Waals surface area contributed by atoms with Gasteiger partial charge in [-0.2, -0.15) is 0 Å². The fourth-order valence-electron chi connectivity index (χ4n) is 1.70. The average Bonchev–Trinajstić information content (AvgIpc) is 2.17. The summed E-state index contributed by atoms with van der Waals surface area (Å²) in [6.07, 6.45) is 1.66. The van der Waals surface area contributed by atoms with Crippen LogP contribution < -0.4 is 10.4 Å². The largest absolute Gasteiger partial charge is 1.00 e. The summed E-state index contributed by atoms with van der Waals surface area (Å²) in [6.45, 7) is 2.54. The van der Waals surface area contributed by atoms with Crippen molar-refractivity contribution in [2.24, 2.45) is 4.99 Å². The first-order chi connectivity index (χ1) is 6.27. The fraction of sp³-hybridized carbons (Fsp3) is 0.750. The number of guanidine groups is 1. The van der Waals surface area contributed by atoms with Gasteiger partial charge in [0.2, 0.25) is 0 Å². The van der Waals surface area contributed by atoms with Crippen LogP contribution in [0.15, 0.2) is 4.99 Å². The molecular weight excluding hydrogens is 234 g/mol. The van der Waals surface area contributed by atoms with E-state index in [1.54, 1.807) is 0 Å². The van der Waals surface area contributed by atoms with Crippen molar-refractivity contribution < 1.29 is 27.0 Å². The molecular formula is C8H12CuN3O2. The van der Waals surface area contributed by atoms with E-state index in [0.29, 0.717) is 6.42 Å². The number of nitrogens with zero attached hydrogens (tertiary/aromatic N) is 2. The average molecular weight is 246 g/mol. The van der Waals surface area contributed by atoms with Crippen molar-refractivity contribution in [1.29, 1.82) is 0 Å². The van der Waals surface area contributed by atoms with Crippen molar-refractivity contribution in [2.45, 2.75) is 18.9 Å². The SMILES string of the molecule is O=C([O-])C1CCN2CCCN=C2N1.[Cu+]. The minimum Gasteiger partial charge on any atom is -0.548 e. The Morgan fingerprint density at radius 1 is 1.57 bits per heavy atom. The van der Waals surface area contributed by atoms with Crippen LogP contribution in [0.4, 0.5) is 0 Å². The van der Waals surface area contributed by atoms with Crippen LogP contribution in [0.1, 0.15) is 12.8 Å². The maximum absolute atomic E-state index is 10.6. The smallest absolute Gasteiger partial charge is 0.548 e. The minimum atomic E-state index is -1.03. The van der Waals surface area contributed by atoms with Crippen LogP contribution in [-0.2, 0) is 21.9 Å². The fourth-order valence-corrected chi connectivity index (χ4v) is 1.70. The molecule has 0 aromatic rings. The van der Waals surface area contributed by atoms with Crippen molar-refractivity contribution in [1.82, 2.24) is 10.2 Å². The molecule has 0 aliphatic carbocycles. The van der Waals surface area contributed by atoms with Gasteiger partial charge in [0, 0.05) is 19.6 Å². The third-order valence-corrected chi connectivity index (χ3v) is 2.42. The van der Waals surface area contributed by atoms with E-state index >= 15 is 0 Å². The Morgan fingerprint density at radius 2 is 2.36 bits per heavy atom. The Balaban J connectivity index is 0.000000980. The third kappa shape index (κ3) is 2.19. The van der Waals surface area contributed by atoms with Crippen molar-refractivity contribution in [3.05, 3.63) is 0 Å². The molecule has 82 valence electrons.